The van der Waals surface area contributed by atoms with Crippen LogP contribution in [0.1, 0.15) is 18.4 Å². The van der Waals surface area contributed by atoms with Crippen molar-refractivity contribution in [2.75, 3.05) is 20.2 Å². The first-order valence-electron chi connectivity index (χ1n) is 6.71. The number of ether oxygens (including phenoxy) is 1. The molecule has 0 spiro atoms. The molecule has 2 fully saturated rings. The van der Waals surface area contributed by atoms with Gasteiger partial charge in [-0.25, -0.2) is 0 Å². The first-order valence-corrected chi connectivity index (χ1v) is 6.71. The van der Waals surface area contributed by atoms with Gasteiger partial charge < -0.3 is 15.4 Å². The lowest BCUT2D eigenvalue weighted by Gasteiger charge is -2.42. The largest absolute Gasteiger partial charge is 0.480 e. The lowest BCUT2D eigenvalue weighted by molar-refractivity contribution is -0.138. The van der Waals surface area contributed by atoms with E-state index in [0.717, 1.165) is 31.5 Å². The molecule has 6 heteroatoms. The summed E-state index contributed by atoms with van der Waals surface area (Å²) in [5, 5.41) is 10.5. The third-order valence-corrected chi connectivity index (χ3v) is 4.50. The summed E-state index contributed by atoms with van der Waals surface area (Å²) >= 11 is 0. The molecule has 1 aromatic rings. The molecule has 6 nitrogen and oxygen atoms in total. The van der Waals surface area contributed by atoms with E-state index >= 15 is 0 Å². The molecule has 19 heavy (non-hydrogen) atoms. The highest BCUT2D eigenvalue weighted by atomic mass is 16.5. The maximum atomic E-state index is 12.4. The Kier molecular flexibility index (Phi) is 2.97. The number of methoxy groups -OCH3 is 1. The molecule has 1 saturated carbocycles. The van der Waals surface area contributed by atoms with E-state index in [2.05, 4.69) is 15.7 Å². The number of aromatic nitrogens is 2. The smallest absolute Gasteiger partial charge is 0.237 e. The van der Waals surface area contributed by atoms with Crippen molar-refractivity contribution in [2.45, 2.75) is 19.4 Å². The Hall–Kier alpha value is -1.56. The van der Waals surface area contributed by atoms with Crippen molar-refractivity contribution in [1.29, 1.82) is 0 Å². The summed E-state index contributed by atoms with van der Waals surface area (Å²) in [5.74, 6) is 1.26. The van der Waals surface area contributed by atoms with Gasteiger partial charge >= 0.3 is 0 Å². The van der Waals surface area contributed by atoms with E-state index in [1.165, 1.54) is 0 Å². The fraction of sp³-hybridized carbons (Fsp3) is 0.692. The van der Waals surface area contributed by atoms with Crippen molar-refractivity contribution >= 4 is 5.91 Å². The lowest BCUT2D eigenvalue weighted by Crippen LogP contribution is -2.51. The molecular weight excluding hydrogens is 244 g/mol. The molecule has 3 rings (SSSR count). The first kappa shape index (κ1) is 12.5. The van der Waals surface area contributed by atoms with Crippen LogP contribution in [0.15, 0.2) is 6.20 Å². The SMILES string of the molecule is COc1nn(C)cc1CNC(=O)[C@]12CC[C@H]1CNC2. The van der Waals surface area contributed by atoms with E-state index < -0.39 is 0 Å². The minimum absolute atomic E-state index is 0.157. The third-order valence-electron chi connectivity index (χ3n) is 4.50. The van der Waals surface area contributed by atoms with Gasteiger partial charge in [0.2, 0.25) is 11.8 Å². The molecule has 0 radical (unpaired) electrons. The Balaban J connectivity index is 1.64. The van der Waals surface area contributed by atoms with E-state index in [9.17, 15) is 4.79 Å². The van der Waals surface area contributed by atoms with E-state index in [-0.39, 0.29) is 11.3 Å². The van der Waals surface area contributed by atoms with E-state index in [1.54, 1.807) is 11.8 Å². The Morgan fingerprint density at radius 1 is 1.74 bits per heavy atom. The first-order chi connectivity index (χ1) is 9.15. The number of aryl methyl sites for hydroxylation is 1. The number of carbonyl (C=O) groups excluding carboxylic acids is 1. The molecule has 2 atom stereocenters. The highest BCUT2D eigenvalue weighted by Crippen LogP contribution is 2.49. The summed E-state index contributed by atoms with van der Waals surface area (Å²) in [5.41, 5.74) is 0.756. The number of rotatable bonds is 4. The molecular formula is C13H20N4O2. The van der Waals surface area contributed by atoms with Crippen LogP contribution < -0.4 is 15.4 Å². The van der Waals surface area contributed by atoms with Gasteiger partial charge in [0.25, 0.3) is 0 Å². The highest BCUT2D eigenvalue weighted by molar-refractivity contribution is 5.84. The van der Waals surface area contributed by atoms with Gasteiger partial charge in [0.1, 0.15) is 0 Å². The molecule has 1 aromatic heterocycles. The van der Waals surface area contributed by atoms with Crippen LogP contribution in [-0.2, 0) is 18.4 Å². The van der Waals surface area contributed by atoms with Crippen molar-refractivity contribution in [3.63, 3.8) is 0 Å². The summed E-state index contributed by atoms with van der Waals surface area (Å²) in [6, 6.07) is 0. The van der Waals surface area contributed by atoms with Crippen LogP contribution in [0.3, 0.4) is 0 Å². The van der Waals surface area contributed by atoms with Crippen LogP contribution in [0, 0.1) is 11.3 Å². The molecule has 1 saturated heterocycles. The quantitative estimate of drug-likeness (QED) is 0.806. The molecule has 1 aliphatic heterocycles. The molecule has 0 unspecified atom stereocenters. The Labute approximate surface area is 112 Å². The fourth-order valence-corrected chi connectivity index (χ4v) is 3.24. The monoisotopic (exact) mass is 264 g/mol. The summed E-state index contributed by atoms with van der Waals surface area (Å²) in [6.07, 6.45) is 4.04. The molecule has 0 aromatic carbocycles. The van der Waals surface area contributed by atoms with Crippen molar-refractivity contribution < 1.29 is 9.53 Å². The number of hydrogen-bond acceptors (Lipinski definition) is 4. The zero-order valence-corrected chi connectivity index (χ0v) is 11.4. The van der Waals surface area contributed by atoms with Crippen LogP contribution in [0.25, 0.3) is 0 Å². The number of amides is 1. The molecule has 1 aliphatic carbocycles. The van der Waals surface area contributed by atoms with Gasteiger partial charge in [-0.05, 0) is 25.3 Å². The number of nitrogens with zero attached hydrogens (tertiary/aromatic N) is 2. The summed E-state index contributed by atoms with van der Waals surface area (Å²) in [7, 11) is 3.44. The molecule has 1 amide bonds. The topological polar surface area (TPSA) is 68.2 Å². The summed E-state index contributed by atoms with van der Waals surface area (Å²) in [4.78, 5) is 12.4. The zero-order valence-electron chi connectivity index (χ0n) is 11.4. The van der Waals surface area contributed by atoms with Crippen LogP contribution in [-0.4, -0.2) is 35.9 Å². The number of hydrogen-bond donors (Lipinski definition) is 2. The average molecular weight is 264 g/mol. The van der Waals surface area contributed by atoms with Crippen molar-refractivity contribution in [2.24, 2.45) is 18.4 Å². The van der Waals surface area contributed by atoms with E-state index in [0.29, 0.717) is 18.3 Å². The molecule has 2 aliphatic rings. The second-order valence-corrected chi connectivity index (χ2v) is 5.54. The van der Waals surface area contributed by atoms with Crippen LogP contribution in [0.5, 0.6) is 5.88 Å². The van der Waals surface area contributed by atoms with Gasteiger partial charge in [-0.15, -0.1) is 5.10 Å². The third kappa shape index (κ3) is 1.90. The zero-order chi connectivity index (χ0) is 13.5. The van der Waals surface area contributed by atoms with Gasteiger partial charge in [0, 0.05) is 26.3 Å². The number of carbonyl (C=O) groups is 1. The number of nitrogens with one attached hydrogen (secondary N) is 2. The maximum Gasteiger partial charge on any atom is 0.237 e. The van der Waals surface area contributed by atoms with Crippen LogP contribution in [0.2, 0.25) is 0 Å². The van der Waals surface area contributed by atoms with Crippen molar-refractivity contribution in [3.8, 4) is 5.88 Å². The minimum atomic E-state index is -0.157. The number of fused-ring (bicyclic) bond motifs is 1. The van der Waals surface area contributed by atoms with Crippen molar-refractivity contribution in [1.82, 2.24) is 20.4 Å². The molecule has 2 N–H and O–H groups in total. The Morgan fingerprint density at radius 2 is 2.58 bits per heavy atom. The van der Waals surface area contributed by atoms with Gasteiger partial charge in [-0.1, -0.05) is 0 Å². The fourth-order valence-electron chi connectivity index (χ4n) is 3.24. The average Bonchev–Trinajstić information content (AvgIpc) is 2.88. The van der Waals surface area contributed by atoms with E-state index in [4.69, 9.17) is 4.74 Å². The van der Waals surface area contributed by atoms with Gasteiger partial charge in [0.15, 0.2) is 0 Å². The minimum Gasteiger partial charge on any atom is -0.480 e. The van der Waals surface area contributed by atoms with Gasteiger partial charge in [0.05, 0.1) is 18.1 Å². The second kappa shape index (κ2) is 4.52. The summed E-state index contributed by atoms with van der Waals surface area (Å²) < 4.78 is 6.88. The van der Waals surface area contributed by atoms with Gasteiger partial charge in [-0.3, -0.25) is 9.48 Å². The van der Waals surface area contributed by atoms with Gasteiger partial charge in [-0.2, -0.15) is 0 Å². The molecule has 0 bridgehead atoms. The van der Waals surface area contributed by atoms with Crippen LogP contribution >= 0.6 is 0 Å². The highest BCUT2D eigenvalue weighted by Gasteiger charge is 2.55. The van der Waals surface area contributed by atoms with E-state index in [1.807, 2.05) is 13.2 Å². The standard InChI is InChI=1S/C13H20N4O2/c1-17-7-9(11(16-17)19-2)5-15-12(18)13-4-3-10(13)6-14-8-13/h7,10,14H,3-6,8H2,1-2H3,(H,15,18)/t10-,13-/m0/s1. The second-order valence-electron chi connectivity index (χ2n) is 5.54. The van der Waals surface area contributed by atoms with Crippen LogP contribution in [0.4, 0.5) is 0 Å². The predicted molar refractivity (Wildman–Crippen MR) is 69.6 cm³/mol. The maximum absolute atomic E-state index is 12.4. The Bertz CT molecular complexity index is 499. The molecule has 104 valence electrons. The molecule has 2 heterocycles. The normalized spacial score (nSPS) is 28.6. The summed E-state index contributed by atoms with van der Waals surface area (Å²) in [6.45, 7) is 2.27. The predicted octanol–water partition coefficient (Wildman–Crippen LogP) is 0.0445. The Morgan fingerprint density at radius 3 is 3.21 bits per heavy atom. The van der Waals surface area contributed by atoms with Crippen molar-refractivity contribution in [3.05, 3.63) is 11.8 Å². The lowest BCUT2D eigenvalue weighted by atomic mass is 9.61.